The van der Waals surface area contributed by atoms with Crippen LogP contribution in [-0.2, 0) is 15.7 Å². The second-order valence-corrected chi connectivity index (χ2v) is 7.44. The molecule has 0 unspecified atom stereocenters. The van der Waals surface area contributed by atoms with Gasteiger partial charge in [0, 0.05) is 18.7 Å². The zero-order chi connectivity index (χ0) is 23.4. The van der Waals surface area contributed by atoms with Gasteiger partial charge in [-0.15, -0.1) is 0 Å². The fraction of sp³-hybridized carbons (Fsp3) is 0.286. The van der Waals surface area contributed by atoms with Gasteiger partial charge >= 0.3 is 12.3 Å². The minimum absolute atomic E-state index is 0.0163. The van der Waals surface area contributed by atoms with Crippen molar-refractivity contribution in [3.8, 4) is 17.5 Å². The van der Waals surface area contributed by atoms with Crippen molar-refractivity contribution in [1.82, 2.24) is 10.1 Å². The first-order chi connectivity index (χ1) is 15.8. The van der Waals surface area contributed by atoms with Gasteiger partial charge in [0.05, 0.1) is 35.2 Å². The molecule has 0 atom stereocenters. The molecule has 2 aromatic carbocycles. The molecule has 174 valence electrons. The second kappa shape index (κ2) is 9.67. The highest BCUT2D eigenvalue weighted by Crippen LogP contribution is 2.36. The molecule has 1 aromatic heterocycles. The third kappa shape index (κ3) is 5.55. The second-order valence-electron chi connectivity index (χ2n) is 7.03. The Morgan fingerprint density at radius 3 is 2.67 bits per heavy atom. The van der Waals surface area contributed by atoms with E-state index in [1.54, 1.807) is 24.3 Å². The summed E-state index contributed by atoms with van der Waals surface area (Å²) in [5.74, 6) is -0.523. The van der Waals surface area contributed by atoms with Crippen LogP contribution in [0.5, 0.6) is 6.08 Å². The zero-order valence-electron chi connectivity index (χ0n) is 17.1. The number of benzene rings is 2. The van der Waals surface area contributed by atoms with Crippen molar-refractivity contribution in [1.29, 1.82) is 0 Å². The fourth-order valence-corrected chi connectivity index (χ4v) is 3.45. The van der Waals surface area contributed by atoms with Crippen molar-refractivity contribution < 1.29 is 32.0 Å². The standard InChI is InChI=1S/C21H18ClF3N4O4/c22-15-4-2-1-3-14(15)19-27-20(33-28-19)32-12-18(30)26-16-11-13(21(23,24)25)5-6-17(16)29-7-9-31-10-8-29/h1-6,11H,7-10,12H2,(H,26,30). The molecule has 8 nitrogen and oxygen atoms in total. The lowest BCUT2D eigenvalue weighted by Gasteiger charge is -2.31. The first-order valence-corrected chi connectivity index (χ1v) is 10.2. The molecule has 1 amide bonds. The highest BCUT2D eigenvalue weighted by atomic mass is 35.5. The summed E-state index contributed by atoms with van der Waals surface area (Å²) in [6.45, 7) is 1.28. The molecule has 0 spiro atoms. The Labute approximate surface area is 191 Å². The van der Waals surface area contributed by atoms with Crippen molar-refractivity contribution in [2.45, 2.75) is 6.18 Å². The number of anilines is 2. The molecule has 4 rings (SSSR count). The maximum atomic E-state index is 13.2. The van der Waals surface area contributed by atoms with E-state index in [-0.39, 0.29) is 17.6 Å². The summed E-state index contributed by atoms with van der Waals surface area (Å²) in [6, 6.07) is 10.0. The van der Waals surface area contributed by atoms with Crippen LogP contribution in [0.1, 0.15) is 5.56 Å². The Morgan fingerprint density at radius 1 is 1.18 bits per heavy atom. The smallest absolute Gasteiger partial charge is 0.418 e. The van der Waals surface area contributed by atoms with Crippen LogP contribution in [0, 0.1) is 0 Å². The number of carbonyl (C=O) groups is 1. The van der Waals surface area contributed by atoms with Crippen molar-refractivity contribution in [2.24, 2.45) is 0 Å². The van der Waals surface area contributed by atoms with Gasteiger partial charge in [-0.1, -0.05) is 28.9 Å². The number of halogens is 4. The Hall–Kier alpha value is -3.31. The Bertz CT molecular complexity index is 1130. The molecule has 0 bridgehead atoms. The van der Waals surface area contributed by atoms with Crippen LogP contribution in [0.3, 0.4) is 0 Å². The first-order valence-electron chi connectivity index (χ1n) is 9.86. The molecule has 1 saturated heterocycles. The van der Waals surface area contributed by atoms with Crippen molar-refractivity contribution in [3.05, 3.63) is 53.1 Å². The minimum Gasteiger partial charge on any atom is -0.439 e. The van der Waals surface area contributed by atoms with Crippen LogP contribution in [-0.4, -0.2) is 49.0 Å². The Kier molecular flexibility index (Phi) is 6.70. The third-order valence-corrected chi connectivity index (χ3v) is 5.13. The van der Waals surface area contributed by atoms with Crippen LogP contribution < -0.4 is 15.0 Å². The summed E-state index contributed by atoms with van der Waals surface area (Å²) in [7, 11) is 0. The molecule has 0 saturated carbocycles. The number of nitrogens with one attached hydrogen (secondary N) is 1. The van der Waals surface area contributed by atoms with Gasteiger partial charge in [-0.2, -0.15) is 18.2 Å². The highest BCUT2D eigenvalue weighted by molar-refractivity contribution is 6.33. The van der Waals surface area contributed by atoms with Crippen LogP contribution in [0.2, 0.25) is 5.02 Å². The van der Waals surface area contributed by atoms with E-state index in [0.717, 1.165) is 12.1 Å². The van der Waals surface area contributed by atoms with E-state index >= 15 is 0 Å². The van der Waals surface area contributed by atoms with Gasteiger partial charge in [0.25, 0.3) is 5.91 Å². The lowest BCUT2D eigenvalue weighted by Crippen LogP contribution is -2.37. The number of morpholine rings is 1. The van der Waals surface area contributed by atoms with Gasteiger partial charge in [-0.25, -0.2) is 0 Å². The quantitative estimate of drug-likeness (QED) is 0.561. The number of ether oxygens (including phenoxy) is 2. The number of hydrogen-bond acceptors (Lipinski definition) is 7. The van der Waals surface area contributed by atoms with E-state index in [0.29, 0.717) is 42.6 Å². The summed E-state index contributed by atoms with van der Waals surface area (Å²) in [6.07, 6.45) is -4.84. The molecule has 12 heteroatoms. The number of aromatic nitrogens is 2. The Balaban J connectivity index is 1.46. The fourth-order valence-electron chi connectivity index (χ4n) is 3.23. The molecule has 0 radical (unpaired) electrons. The number of carbonyl (C=O) groups excluding carboxylic acids is 1. The number of nitrogens with zero attached hydrogens (tertiary/aromatic N) is 3. The molecular formula is C21H18ClF3N4O4. The molecule has 3 aromatic rings. The SMILES string of the molecule is O=C(COc1nc(-c2ccccc2Cl)no1)Nc1cc(C(F)(F)F)ccc1N1CCOCC1. The van der Waals surface area contributed by atoms with E-state index < -0.39 is 24.3 Å². The monoisotopic (exact) mass is 482 g/mol. The highest BCUT2D eigenvalue weighted by Gasteiger charge is 2.32. The largest absolute Gasteiger partial charge is 0.439 e. The first kappa shape index (κ1) is 22.9. The van der Waals surface area contributed by atoms with Crippen LogP contribution in [0.25, 0.3) is 11.4 Å². The molecule has 0 aliphatic carbocycles. The van der Waals surface area contributed by atoms with E-state index in [9.17, 15) is 18.0 Å². The van der Waals surface area contributed by atoms with Crippen molar-refractivity contribution in [2.75, 3.05) is 43.1 Å². The predicted octanol–water partition coefficient (Wildman–Crippen LogP) is 4.26. The summed E-state index contributed by atoms with van der Waals surface area (Å²) in [5, 5.41) is 6.64. The van der Waals surface area contributed by atoms with Gasteiger partial charge in [0.15, 0.2) is 6.61 Å². The van der Waals surface area contributed by atoms with Crippen LogP contribution in [0.15, 0.2) is 47.0 Å². The summed E-state index contributed by atoms with van der Waals surface area (Å²) in [4.78, 5) is 18.3. The molecule has 1 fully saturated rings. The van der Waals surface area contributed by atoms with E-state index in [1.165, 1.54) is 6.07 Å². The number of alkyl halides is 3. The summed E-state index contributed by atoms with van der Waals surface area (Å²) >= 11 is 6.09. The van der Waals surface area contributed by atoms with E-state index in [4.69, 9.17) is 25.6 Å². The summed E-state index contributed by atoms with van der Waals surface area (Å²) < 4.78 is 55.1. The maximum Gasteiger partial charge on any atom is 0.418 e. The van der Waals surface area contributed by atoms with Gasteiger partial charge in [0.1, 0.15) is 0 Å². The number of rotatable bonds is 6. The topological polar surface area (TPSA) is 89.7 Å². The van der Waals surface area contributed by atoms with Gasteiger partial charge in [0.2, 0.25) is 5.82 Å². The summed E-state index contributed by atoms with van der Waals surface area (Å²) in [5.41, 5.74) is 0.111. The van der Waals surface area contributed by atoms with E-state index in [2.05, 4.69) is 15.5 Å². The molecule has 33 heavy (non-hydrogen) atoms. The maximum absolute atomic E-state index is 13.2. The van der Waals surface area contributed by atoms with Gasteiger partial charge in [-0.3, -0.25) is 9.32 Å². The Morgan fingerprint density at radius 2 is 1.94 bits per heavy atom. The lowest BCUT2D eigenvalue weighted by molar-refractivity contribution is -0.137. The molecule has 1 aliphatic heterocycles. The zero-order valence-corrected chi connectivity index (χ0v) is 17.8. The lowest BCUT2D eigenvalue weighted by atomic mass is 10.1. The van der Waals surface area contributed by atoms with Crippen LogP contribution >= 0.6 is 11.6 Å². The average Bonchev–Trinajstić information content (AvgIpc) is 3.27. The van der Waals surface area contributed by atoms with Crippen molar-refractivity contribution in [3.63, 3.8) is 0 Å². The molecule has 1 N–H and O–H groups in total. The number of amides is 1. The van der Waals surface area contributed by atoms with Crippen molar-refractivity contribution >= 4 is 28.9 Å². The normalized spacial score (nSPS) is 14.2. The molecule has 2 heterocycles. The molecular weight excluding hydrogens is 465 g/mol. The average molecular weight is 483 g/mol. The number of hydrogen-bond donors (Lipinski definition) is 1. The molecule has 1 aliphatic rings. The van der Waals surface area contributed by atoms with Gasteiger partial charge < -0.3 is 19.7 Å². The minimum atomic E-state index is -4.56. The van der Waals surface area contributed by atoms with E-state index in [1.807, 2.05) is 4.90 Å². The van der Waals surface area contributed by atoms with Crippen LogP contribution in [0.4, 0.5) is 24.5 Å². The third-order valence-electron chi connectivity index (χ3n) is 4.80. The predicted molar refractivity (Wildman–Crippen MR) is 113 cm³/mol. The van der Waals surface area contributed by atoms with Gasteiger partial charge in [-0.05, 0) is 30.3 Å².